The van der Waals surface area contributed by atoms with Crippen molar-refractivity contribution in [3.63, 3.8) is 0 Å². The standard InChI is InChI=1S/C44H42N2O4/c1-30-22-31(2)24-36(23-30)43(48)46(3)41(25-32-18-20-35(21-19-32)34-14-8-5-9-15-34)42(47)27-37(44(49)50-29-33-12-6-4-7-13-33)26-38-28-45-40-17-11-10-16-39(38)40/h4-24,28,37,41,45H,25-27,29H2,1-3H3. The highest BCUT2D eigenvalue weighted by molar-refractivity contribution is 5.99. The van der Waals surface area contributed by atoms with Crippen molar-refractivity contribution in [2.24, 2.45) is 5.92 Å². The number of carbonyl (C=O) groups is 3. The summed E-state index contributed by atoms with van der Waals surface area (Å²) in [5.41, 5.74) is 8.32. The molecule has 6 heteroatoms. The number of esters is 1. The number of hydrogen-bond donors (Lipinski definition) is 1. The first-order valence-corrected chi connectivity index (χ1v) is 17.0. The van der Waals surface area contributed by atoms with E-state index in [1.54, 1.807) is 11.9 Å². The molecule has 0 spiro atoms. The lowest BCUT2D eigenvalue weighted by molar-refractivity contribution is -0.151. The summed E-state index contributed by atoms with van der Waals surface area (Å²) in [7, 11) is 1.68. The van der Waals surface area contributed by atoms with Crippen LogP contribution in [-0.2, 0) is 33.8 Å². The molecule has 6 nitrogen and oxygen atoms in total. The first kappa shape index (κ1) is 34.1. The second kappa shape index (κ2) is 15.6. The summed E-state index contributed by atoms with van der Waals surface area (Å²) in [6.07, 6.45) is 2.44. The van der Waals surface area contributed by atoms with Gasteiger partial charge in [0.15, 0.2) is 5.78 Å². The van der Waals surface area contributed by atoms with E-state index in [1.807, 2.05) is 135 Å². The predicted molar refractivity (Wildman–Crippen MR) is 199 cm³/mol. The Bertz CT molecular complexity index is 2060. The molecular weight excluding hydrogens is 620 g/mol. The first-order valence-electron chi connectivity index (χ1n) is 17.0. The van der Waals surface area contributed by atoms with Gasteiger partial charge in [-0.05, 0) is 72.7 Å². The van der Waals surface area contributed by atoms with E-state index in [4.69, 9.17) is 4.74 Å². The average molecular weight is 663 g/mol. The molecule has 0 aliphatic heterocycles. The lowest BCUT2D eigenvalue weighted by Crippen LogP contribution is -2.45. The van der Waals surface area contributed by atoms with E-state index in [0.29, 0.717) is 18.4 Å². The Hall–Kier alpha value is -5.75. The molecule has 6 rings (SSSR count). The van der Waals surface area contributed by atoms with Crippen LogP contribution in [-0.4, -0.2) is 40.6 Å². The molecule has 5 aromatic carbocycles. The molecule has 2 atom stereocenters. The number of para-hydroxylation sites is 1. The van der Waals surface area contributed by atoms with Crippen molar-refractivity contribution in [1.82, 2.24) is 9.88 Å². The Kier molecular flexibility index (Phi) is 10.7. The molecule has 1 heterocycles. The molecule has 0 radical (unpaired) electrons. The van der Waals surface area contributed by atoms with Crippen LogP contribution in [0.4, 0.5) is 0 Å². The number of benzene rings is 5. The van der Waals surface area contributed by atoms with E-state index >= 15 is 0 Å². The fraction of sp³-hybridized carbons (Fsp3) is 0.205. The summed E-state index contributed by atoms with van der Waals surface area (Å²) in [5.74, 6) is -1.63. The number of carbonyl (C=O) groups excluding carboxylic acids is 3. The Labute approximate surface area is 293 Å². The summed E-state index contributed by atoms with van der Waals surface area (Å²) < 4.78 is 5.83. The van der Waals surface area contributed by atoms with Gasteiger partial charge in [-0.15, -0.1) is 0 Å². The molecule has 50 heavy (non-hydrogen) atoms. The van der Waals surface area contributed by atoms with Crippen LogP contribution in [0.15, 0.2) is 134 Å². The molecule has 1 amide bonds. The number of ether oxygens (including phenoxy) is 1. The third-order valence-electron chi connectivity index (χ3n) is 9.26. The zero-order valence-electron chi connectivity index (χ0n) is 28.8. The molecule has 2 unspecified atom stereocenters. The van der Waals surface area contributed by atoms with Gasteiger partial charge < -0.3 is 14.6 Å². The van der Waals surface area contributed by atoms with Gasteiger partial charge in [0.2, 0.25) is 0 Å². The molecule has 0 saturated heterocycles. The van der Waals surface area contributed by atoms with Crippen LogP contribution in [0.3, 0.4) is 0 Å². The first-order chi connectivity index (χ1) is 24.2. The van der Waals surface area contributed by atoms with Gasteiger partial charge in [0.25, 0.3) is 5.91 Å². The molecule has 0 aliphatic carbocycles. The van der Waals surface area contributed by atoms with E-state index in [0.717, 1.165) is 49.8 Å². The molecule has 1 N–H and O–H groups in total. The second-order valence-corrected chi connectivity index (χ2v) is 13.1. The minimum Gasteiger partial charge on any atom is -0.461 e. The van der Waals surface area contributed by atoms with Gasteiger partial charge in [0.1, 0.15) is 6.61 Å². The Morgan fingerprint density at radius 3 is 2.02 bits per heavy atom. The van der Waals surface area contributed by atoms with Crippen molar-refractivity contribution in [2.75, 3.05) is 7.05 Å². The Morgan fingerprint density at radius 1 is 0.700 bits per heavy atom. The molecule has 0 saturated carbocycles. The van der Waals surface area contributed by atoms with Gasteiger partial charge in [-0.25, -0.2) is 0 Å². The van der Waals surface area contributed by atoms with Crippen molar-refractivity contribution in [3.8, 4) is 11.1 Å². The number of aryl methyl sites for hydroxylation is 2. The van der Waals surface area contributed by atoms with Gasteiger partial charge in [-0.3, -0.25) is 14.4 Å². The zero-order chi connectivity index (χ0) is 35.0. The van der Waals surface area contributed by atoms with Crippen molar-refractivity contribution in [2.45, 2.75) is 45.8 Å². The third-order valence-corrected chi connectivity index (χ3v) is 9.26. The van der Waals surface area contributed by atoms with Crippen LogP contribution in [0.25, 0.3) is 22.0 Å². The summed E-state index contributed by atoms with van der Waals surface area (Å²) in [4.78, 5) is 47.1. The summed E-state index contributed by atoms with van der Waals surface area (Å²) in [6.45, 7) is 4.02. The van der Waals surface area contributed by atoms with Crippen LogP contribution in [0, 0.1) is 19.8 Å². The van der Waals surface area contributed by atoms with Crippen LogP contribution in [0.1, 0.15) is 44.6 Å². The van der Waals surface area contributed by atoms with E-state index in [9.17, 15) is 14.4 Å². The largest absolute Gasteiger partial charge is 0.461 e. The fourth-order valence-corrected chi connectivity index (χ4v) is 6.63. The monoisotopic (exact) mass is 662 g/mol. The van der Waals surface area contributed by atoms with Crippen molar-refractivity contribution >= 4 is 28.6 Å². The highest BCUT2D eigenvalue weighted by atomic mass is 16.5. The molecule has 252 valence electrons. The predicted octanol–water partition coefficient (Wildman–Crippen LogP) is 8.70. The molecule has 1 aromatic heterocycles. The number of hydrogen-bond acceptors (Lipinski definition) is 4. The lowest BCUT2D eigenvalue weighted by Gasteiger charge is -2.29. The van der Waals surface area contributed by atoms with Crippen molar-refractivity contribution in [1.29, 1.82) is 0 Å². The summed E-state index contributed by atoms with van der Waals surface area (Å²) in [6, 6.07) is 40.5. The number of ketones is 1. The number of Topliss-reactive ketones (excluding diaryl/α,β-unsaturated/α-hetero) is 1. The zero-order valence-corrected chi connectivity index (χ0v) is 28.8. The van der Waals surface area contributed by atoms with E-state index < -0.39 is 17.9 Å². The number of H-pyrrole nitrogens is 1. The van der Waals surface area contributed by atoms with E-state index in [-0.39, 0.29) is 24.7 Å². The topological polar surface area (TPSA) is 79.5 Å². The van der Waals surface area contributed by atoms with Gasteiger partial charge in [0.05, 0.1) is 12.0 Å². The quantitative estimate of drug-likeness (QED) is 0.126. The van der Waals surface area contributed by atoms with Crippen LogP contribution in [0.2, 0.25) is 0 Å². The van der Waals surface area contributed by atoms with Crippen LogP contribution < -0.4 is 0 Å². The number of nitrogens with one attached hydrogen (secondary N) is 1. The second-order valence-electron chi connectivity index (χ2n) is 13.1. The van der Waals surface area contributed by atoms with E-state index in [2.05, 4.69) is 17.1 Å². The minimum absolute atomic E-state index is 0.0790. The highest BCUT2D eigenvalue weighted by Gasteiger charge is 2.33. The maximum atomic E-state index is 14.5. The average Bonchev–Trinajstić information content (AvgIpc) is 3.55. The summed E-state index contributed by atoms with van der Waals surface area (Å²) in [5, 5.41) is 0.998. The van der Waals surface area contributed by atoms with Crippen LogP contribution >= 0.6 is 0 Å². The van der Waals surface area contributed by atoms with Crippen molar-refractivity contribution in [3.05, 3.63) is 167 Å². The highest BCUT2D eigenvalue weighted by Crippen LogP contribution is 2.26. The number of aromatic nitrogens is 1. The smallest absolute Gasteiger partial charge is 0.310 e. The number of amides is 1. The van der Waals surface area contributed by atoms with Crippen molar-refractivity contribution < 1.29 is 19.1 Å². The van der Waals surface area contributed by atoms with Gasteiger partial charge in [-0.1, -0.05) is 120 Å². The maximum Gasteiger partial charge on any atom is 0.310 e. The number of nitrogens with zero attached hydrogens (tertiary/aromatic N) is 1. The molecular formula is C44H42N2O4. The normalized spacial score (nSPS) is 12.3. The third kappa shape index (κ3) is 8.27. The number of likely N-dealkylation sites (N-methyl/N-ethyl adjacent to an activating group) is 1. The van der Waals surface area contributed by atoms with Gasteiger partial charge >= 0.3 is 5.97 Å². The fourth-order valence-electron chi connectivity index (χ4n) is 6.63. The van der Waals surface area contributed by atoms with E-state index in [1.165, 1.54) is 0 Å². The molecule has 0 fully saturated rings. The van der Waals surface area contributed by atoms with Gasteiger partial charge in [-0.2, -0.15) is 0 Å². The van der Waals surface area contributed by atoms with Crippen LogP contribution in [0.5, 0.6) is 0 Å². The molecule has 6 aromatic rings. The number of aromatic amines is 1. The molecule has 0 bridgehead atoms. The maximum absolute atomic E-state index is 14.5. The number of rotatable bonds is 13. The lowest BCUT2D eigenvalue weighted by atomic mass is 9.89. The van der Waals surface area contributed by atoms with Gasteiger partial charge in [0, 0.05) is 36.1 Å². The Morgan fingerprint density at radius 2 is 1.32 bits per heavy atom. The number of fused-ring (bicyclic) bond motifs is 1. The molecule has 0 aliphatic rings. The Balaban J connectivity index is 1.29. The summed E-state index contributed by atoms with van der Waals surface area (Å²) >= 11 is 0. The minimum atomic E-state index is -0.807. The SMILES string of the molecule is Cc1cc(C)cc(C(=O)N(C)C(Cc2ccc(-c3ccccc3)cc2)C(=O)CC(Cc2c[nH]c3ccccc23)C(=O)OCc2ccccc2)c1.